The lowest BCUT2D eigenvalue weighted by Crippen LogP contribution is -2.31. The van der Waals surface area contributed by atoms with Crippen LogP contribution in [0, 0.1) is 0 Å². The van der Waals surface area contributed by atoms with Crippen LogP contribution in [0.2, 0.25) is 0 Å². The lowest BCUT2D eigenvalue weighted by Gasteiger charge is -2.18. The predicted octanol–water partition coefficient (Wildman–Crippen LogP) is 4.66. The number of nitrogens with zero attached hydrogens (tertiary/aromatic N) is 4. The Kier molecular flexibility index (Phi) is 16.4. The molecule has 0 aliphatic carbocycles. The Morgan fingerprint density at radius 2 is 1.23 bits per heavy atom. The molecule has 16 nitrogen and oxygen atoms in total. The molecule has 7 N–H and O–H groups in total. The Hall–Kier alpha value is -5.71. The minimum atomic E-state index is -1.43. The molecule has 0 fully saturated rings. The summed E-state index contributed by atoms with van der Waals surface area (Å²) in [6, 6.07) is 14.1. The predicted molar refractivity (Wildman–Crippen MR) is 218 cm³/mol. The van der Waals surface area contributed by atoms with E-state index in [1.165, 1.54) is 49.4 Å². The van der Waals surface area contributed by atoms with E-state index >= 15 is 0 Å². The number of benzene rings is 3. The van der Waals surface area contributed by atoms with Crippen LogP contribution in [0.5, 0.6) is 0 Å². The van der Waals surface area contributed by atoms with Crippen LogP contribution < -0.4 is 31.9 Å². The smallest absolute Gasteiger partial charge is 0.258 e. The number of hydrogen-bond donors (Lipinski definition) is 7. The van der Waals surface area contributed by atoms with Crippen molar-refractivity contribution in [1.82, 2.24) is 20.4 Å². The van der Waals surface area contributed by atoms with Crippen LogP contribution in [0.1, 0.15) is 78.5 Å². The van der Waals surface area contributed by atoms with E-state index in [2.05, 4.69) is 79.6 Å². The maximum absolute atomic E-state index is 13.4. The normalized spacial score (nSPS) is 13.8. The van der Waals surface area contributed by atoms with Gasteiger partial charge < -0.3 is 46.8 Å². The average molecular weight is 771 g/mol. The molecule has 0 saturated carbocycles. The third-order valence-electron chi connectivity index (χ3n) is 9.30. The number of anilines is 4. The Labute approximate surface area is 327 Å². The Morgan fingerprint density at radius 1 is 0.679 bits per heavy atom. The third-order valence-corrected chi connectivity index (χ3v) is 9.30. The Morgan fingerprint density at radius 3 is 1.77 bits per heavy atom. The van der Waals surface area contributed by atoms with Crippen molar-refractivity contribution in [3.8, 4) is 0 Å². The minimum Gasteiger partial charge on any atom is -0.357 e. The number of nitrogens with one attached hydrogen (secondary N) is 6. The highest BCUT2D eigenvalue weighted by molar-refractivity contribution is 6.10. The number of hydrogen-bond acceptors (Lipinski definition) is 12. The van der Waals surface area contributed by atoms with E-state index in [1.54, 1.807) is 18.2 Å². The molecule has 3 aromatic carbocycles. The molecule has 1 aliphatic heterocycles. The molecular formula is C40H54N10O6. The van der Waals surface area contributed by atoms with Crippen LogP contribution in [0.3, 0.4) is 0 Å². The van der Waals surface area contributed by atoms with Gasteiger partial charge in [0.2, 0.25) is 12.4 Å². The lowest BCUT2D eigenvalue weighted by molar-refractivity contribution is -0.126. The van der Waals surface area contributed by atoms with Gasteiger partial charge in [-0.3, -0.25) is 24.0 Å². The van der Waals surface area contributed by atoms with Crippen LogP contribution in [0.15, 0.2) is 70.9 Å². The lowest BCUT2D eigenvalue weighted by atomic mass is 10.1. The van der Waals surface area contributed by atoms with Gasteiger partial charge in [-0.1, -0.05) is 27.7 Å². The van der Waals surface area contributed by atoms with Crippen LogP contribution in [0.25, 0.3) is 0 Å². The first-order chi connectivity index (χ1) is 26.9. The number of ketones is 1. The molecule has 0 spiro atoms. The molecule has 1 aliphatic rings. The summed E-state index contributed by atoms with van der Waals surface area (Å²) in [6.07, 6.45) is 0.580. The summed E-state index contributed by atoms with van der Waals surface area (Å²) >= 11 is 0. The molecule has 4 rings (SSSR count). The molecule has 0 radical (unpaired) electrons. The number of azo groups is 1. The summed E-state index contributed by atoms with van der Waals surface area (Å²) in [5, 5.41) is 34.6. The number of aliphatic hydroxyl groups is 1. The first-order valence-electron chi connectivity index (χ1n) is 19.1. The molecule has 0 bridgehead atoms. The molecule has 16 heteroatoms. The zero-order valence-electron chi connectivity index (χ0n) is 32.8. The van der Waals surface area contributed by atoms with E-state index in [-0.39, 0.29) is 34.2 Å². The fraction of sp³-hybridized carbons (Fsp3) is 0.425. The standard InChI is InChI=1S/C40H54N10O6/c1-6-49(7-2)20-10-18-41-36(52)28-22-29(37(53)42-19-11-21-50(8-3)9-4)24-32(23-28)44-38(54)27-12-14-30(15-13-27)47-48-35(26(5)51)39(55)43-31-16-17-33-34(25-31)46-40(56)45-33/h12-17,22-25,35,40,45-46,56H,6-11,18-21H2,1-5H3,(H,41,52)(H,42,53)(H,43,55)(H,44,54)/b48-47+. The number of carbonyl (C=O) groups is 5. The summed E-state index contributed by atoms with van der Waals surface area (Å²) in [7, 11) is 0. The number of rotatable bonds is 21. The second-order valence-corrected chi connectivity index (χ2v) is 13.2. The van der Waals surface area contributed by atoms with E-state index < -0.39 is 30.0 Å². The van der Waals surface area contributed by atoms with Crippen molar-refractivity contribution in [2.45, 2.75) is 59.9 Å². The minimum absolute atomic E-state index is 0.238. The van der Waals surface area contributed by atoms with Gasteiger partial charge in [0, 0.05) is 41.2 Å². The van der Waals surface area contributed by atoms with Gasteiger partial charge in [0.05, 0.1) is 17.1 Å². The average Bonchev–Trinajstić information content (AvgIpc) is 3.57. The summed E-state index contributed by atoms with van der Waals surface area (Å²) in [5.74, 6) is -2.42. The first-order valence-corrected chi connectivity index (χ1v) is 19.1. The summed E-state index contributed by atoms with van der Waals surface area (Å²) in [4.78, 5) is 69.6. The van der Waals surface area contributed by atoms with E-state index in [9.17, 15) is 29.1 Å². The molecule has 0 aromatic heterocycles. The Balaban J connectivity index is 1.42. The molecule has 300 valence electrons. The number of amides is 4. The molecule has 56 heavy (non-hydrogen) atoms. The highest BCUT2D eigenvalue weighted by Gasteiger charge is 2.24. The van der Waals surface area contributed by atoms with Gasteiger partial charge in [-0.25, -0.2) is 0 Å². The third kappa shape index (κ3) is 12.7. The maximum Gasteiger partial charge on any atom is 0.258 e. The van der Waals surface area contributed by atoms with E-state index in [0.29, 0.717) is 35.8 Å². The number of fused-ring (bicyclic) bond motifs is 1. The molecule has 1 heterocycles. The van der Waals surface area contributed by atoms with Crippen LogP contribution in [-0.4, -0.2) is 109 Å². The van der Waals surface area contributed by atoms with Gasteiger partial charge in [-0.2, -0.15) is 10.2 Å². The van der Waals surface area contributed by atoms with Crippen molar-refractivity contribution in [1.29, 1.82) is 0 Å². The molecule has 2 atom stereocenters. The van der Waals surface area contributed by atoms with Gasteiger partial charge >= 0.3 is 0 Å². The molecular weight excluding hydrogens is 717 g/mol. The highest BCUT2D eigenvalue weighted by Crippen LogP contribution is 2.31. The second-order valence-electron chi connectivity index (χ2n) is 13.2. The van der Waals surface area contributed by atoms with Crippen LogP contribution >= 0.6 is 0 Å². The molecule has 4 amide bonds. The zero-order valence-corrected chi connectivity index (χ0v) is 32.8. The van der Waals surface area contributed by atoms with Gasteiger partial charge in [-0.05, 0) is 120 Å². The fourth-order valence-electron chi connectivity index (χ4n) is 5.99. The number of carbonyl (C=O) groups excluding carboxylic acids is 5. The molecule has 2 unspecified atom stereocenters. The van der Waals surface area contributed by atoms with E-state index in [1.807, 2.05) is 0 Å². The van der Waals surface area contributed by atoms with E-state index in [4.69, 9.17) is 0 Å². The van der Waals surface area contributed by atoms with Gasteiger partial charge in [-0.15, -0.1) is 0 Å². The largest absolute Gasteiger partial charge is 0.357 e. The quantitative estimate of drug-likeness (QED) is 0.0453. The summed E-state index contributed by atoms with van der Waals surface area (Å²) in [5.41, 5.74) is 2.93. The summed E-state index contributed by atoms with van der Waals surface area (Å²) in [6.45, 7) is 15.9. The SMILES string of the molecule is CCN(CC)CCCNC(=O)c1cc(NC(=O)c2ccc(/N=N/C(C(C)=O)C(=O)Nc3ccc4c(c3)NC(O)N4)cc2)cc(C(=O)NCCCN(CC)CC)c1. The van der Waals surface area contributed by atoms with Crippen LogP contribution in [-0.2, 0) is 9.59 Å². The second kappa shape index (κ2) is 21.4. The van der Waals surface area contributed by atoms with Crippen molar-refractivity contribution in [3.63, 3.8) is 0 Å². The Bertz CT molecular complexity index is 1810. The highest BCUT2D eigenvalue weighted by atomic mass is 16.3. The summed E-state index contributed by atoms with van der Waals surface area (Å²) < 4.78 is 0. The first kappa shape index (κ1) is 43.0. The van der Waals surface area contributed by atoms with Crippen molar-refractivity contribution in [2.24, 2.45) is 10.2 Å². The van der Waals surface area contributed by atoms with Crippen LogP contribution in [0.4, 0.5) is 28.4 Å². The number of aliphatic hydroxyl groups excluding tert-OH is 1. The van der Waals surface area contributed by atoms with Gasteiger partial charge in [0.25, 0.3) is 23.6 Å². The molecule has 3 aromatic rings. The number of Topliss-reactive ketones (excluding diaryl/α,β-unsaturated/α-hetero) is 1. The van der Waals surface area contributed by atoms with Crippen molar-refractivity contribution >= 4 is 57.8 Å². The van der Waals surface area contributed by atoms with E-state index in [0.717, 1.165) is 52.1 Å². The van der Waals surface area contributed by atoms with Gasteiger partial charge in [0.15, 0.2) is 5.78 Å². The van der Waals surface area contributed by atoms with Crippen molar-refractivity contribution < 1.29 is 29.1 Å². The maximum atomic E-state index is 13.4. The molecule has 0 saturated heterocycles. The topological polar surface area (TPSA) is 209 Å². The van der Waals surface area contributed by atoms with Crippen molar-refractivity contribution in [2.75, 3.05) is 73.6 Å². The zero-order chi connectivity index (χ0) is 40.6. The van der Waals surface area contributed by atoms with Crippen molar-refractivity contribution in [3.05, 3.63) is 77.4 Å². The fourth-order valence-corrected chi connectivity index (χ4v) is 5.99. The van der Waals surface area contributed by atoms with Gasteiger partial charge in [0.1, 0.15) is 0 Å². The monoisotopic (exact) mass is 770 g/mol.